The summed E-state index contributed by atoms with van der Waals surface area (Å²) in [6.45, 7) is 5.02. The number of nitrogens with zero attached hydrogens (tertiary/aromatic N) is 3. The van der Waals surface area contributed by atoms with E-state index >= 15 is 0 Å². The third kappa shape index (κ3) is 2.99. The Balaban J connectivity index is 1.51. The largest absolute Gasteiger partial charge is 0.497 e. The summed E-state index contributed by atoms with van der Waals surface area (Å²) in [7, 11) is 1.69. The van der Waals surface area contributed by atoms with Crippen LogP contribution in [0.15, 0.2) is 65.8 Å². The Kier molecular flexibility index (Phi) is 4.94. The van der Waals surface area contributed by atoms with Gasteiger partial charge in [0.2, 0.25) is 5.91 Å². The first-order valence-corrected chi connectivity index (χ1v) is 12.2. The van der Waals surface area contributed by atoms with E-state index in [0.717, 1.165) is 42.0 Å². The molecule has 0 N–H and O–H groups in total. The Morgan fingerprint density at radius 3 is 2.65 bits per heavy atom. The second-order valence-corrected chi connectivity index (χ2v) is 9.23. The number of fused-ring (bicyclic) bond motifs is 6. The number of hydrazone groups is 1. The van der Waals surface area contributed by atoms with Crippen molar-refractivity contribution in [2.75, 3.05) is 7.11 Å². The van der Waals surface area contributed by atoms with Crippen molar-refractivity contribution < 1.29 is 9.53 Å². The van der Waals surface area contributed by atoms with Crippen LogP contribution in [0.2, 0.25) is 0 Å². The van der Waals surface area contributed by atoms with Crippen LogP contribution in [0, 0.1) is 5.92 Å². The lowest BCUT2D eigenvalue weighted by Crippen LogP contribution is -2.31. The zero-order chi connectivity index (χ0) is 23.4. The van der Waals surface area contributed by atoms with Gasteiger partial charge in [0.25, 0.3) is 0 Å². The van der Waals surface area contributed by atoms with E-state index in [9.17, 15) is 4.79 Å². The number of rotatable bonds is 4. The Morgan fingerprint density at radius 2 is 1.85 bits per heavy atom. The Hall–Kier alpha value is -3.60. The highest BCUT2D eigenvalue weighted by Gasteiger charge is 2.43. The van der Waals surface area contributed by atoms with Crippen LogP contribution in [0.5, 0.6) is 5.75 Å². The molecule has 4 aromatic rings. The lowest BCUT2D eigenvalue weighted by molar-refractivity contribution is -0.133. The topological polar surface area (TPSA) is 46.8 Å². The molecule has 0 radical (unpaired) electrons. The van der Waals surface area contributed by atoms with Gasteiger partial charge in [0.05, 0.1) is 18.9 Å². The maximum Gasteiger partial charge on any atom is 0.242 e. The fourth-order valence-corrected chi connectivity index (χ4v) is 5.91. The van der Waals surface area contributed by atoms with Gasteiger partial charge in [-0.1, -0.05) is 37.3 Å². The summed E-state index contributed by atoms with van der Waals surface area (Å²) in [6.07, 6.45) is 2.39. The van der Waals surface area contributed by atoms with Gasteiger partial charge in [-0.3, -0.25) is 4.79 Å². The number of aryl methyl sites for hydroxylation is 2. The van der Waals surface area contributed by atoms with Gasteiger partial charge in [0.15, 0.2) is 0 Å². The zero-order valence-corrected chi connectivity index (χ0v) is 19.9. The smallest absolute Gasteiger partial charge is 0.242 e. The summed E-state index contributed by atoms with van der Waals surface area (Å²) < 4.78 is 7.86. The van der Waals surface area contributed by atoms with E-state index in [-0.39, 0.29) is 17.9 Å². The summed E-state index contributed by atoms with van der Waals surface area (Å²) in [5.74, 6) is 1.06. The highest BCUT2D eigenvalue weighted by atomic mass is 16.5. The standard InChI is InChI=1S/C29H29N3O2/c1-4-27(33)32-29(22-14-11-18-10-13-20(34-3)17-23(18)28(22)30-32)19-12-15-26-24(16-19)21-8-6-7-9-25(21)31(26)5-2/h6-10,12-13,15-17,22,29H,4-5,11,14H2,1-3H3/t22-,29-/m1/s1. The van der Waals surface area contributed by atoms with Crippen LogP contribution in [0.25, 0.3) is 21.8 Å². The van der Waals surface area contributed by atoms with Crippen LogP contribution in [0.1, 0.15) is 49.4 Å². The number of benzene rings is 3. The fourth-order valence-electron chi connectivity index (χ4n) is 5.91. The molecule has 1 aromatic heterocycles. The monoisotopic (exact) mass is 451 g/mol. The molecule has 0 saturated heterocycles. The maximum atomic E-state index is 13.1. The highest BCUT2D eigenvalue weighted by Crippen LogP contribution is 2.45. The average Bonchev–Trinajstić information content (AvgIpc) is 3.43. The number of para-hydroxylation sites is 1. The van der Waals surface area contributed by atoms with E-state index in [4.69, 9.17) is 9.84 Å². The Labute approximate surface area is 199 Å². The molecule has 1 aliphatic heterocycles. The highest BCUT2D eigenvalue weighted by molar-refractivity contribution is 6.09. The second-order valence-electron chi connectivity index (χ2n) is 9.23. The molecule has 34 heavy (non-hydrogen) atoms. The van der Waals surface area contributed by atoms with E-state index in [0.29, 0.717) is 6.42 Å². The summed E-state index contributed by atoms with van der Waals surface area (Å²) in [5.41, 5.74) is 7.06. The number of carbonyl (C=O) groups excluding carboxylic acids is 1. The summed E-state index contributed by atoms with van der Waals surface area (Å²) in [4.78, 5) is 13.1. The molecule has 2 aliphatic rings. The van der Waals surface area contributed by atoms with Gasteiger partial charge in [-0.15, -0.1) is 0 Å². The normalized spacial score (nSPS) is 19.3. The number of amides is 1. The van der Waals surface area contributed by atoms with Crippen LogP contribution in [-0.4, -0.2) is 28.3 Å². The van der Waals surface area contributed by atoms with Crippen molar-refractivity contribution in [2.45, 2.75) is 45.7 Å². The van der Waals surface area contributed by atoms with Crippen molar-refractivity contribution in [3.8, 4) is 5.75 Å². The van der Waals surface area contributed by atoms with Gasteiger partial charge in [-0.25, -0.2) is 5.01 Å². The third-order valence-electron chi connectivity index (χ3n) is 7.54. The quantitative estimate of drug-likeness (QED) is 0.377. The van der Waals surface area contributed by atoms with Crippen LogP contribution in [-0.2, 0) is 17.8 Å². The van der Waals surface area contributed by atoms with Crippen molar-refractivity contribution in [1.82, 2.24) is 9.58 Å². The summed E-state index contributed by atoms with van der Waals surface area (Å²) in [5, 5.41) is 9.22. The van der Waals surface area contributed by atoms with Crippen molar-refractivity contribution in [1.29, 1.82) is 0 Å². The molecule has 0 spiro atoms. The van der Waals surface area contributed by atoms with Crippen LogP contribution < -0.4 is 4.74 Å². The maximum absolute atomic E-state index is 13.1. The third-order valence-corrected chi connectivity index (χ3v) is 7.54. The van der Waals surface area contributed by atoms with E-state index < -0.39 is 0 Å². The molecule has 3 aromatic carbocycles. The van der Waals surface area contributed by atoms with E-state index in [1.165, 1.54) is 27.4 Å². The van der Waals surface area contributed by atoms with Crippen molar-refractivity contribution in [2.24, 2.45) is 11.0 Å². The minimum Gasteiger partial charge on any atom is -0.497 e. The molecule has 5 nitrogen and oxygen atoms in total. The van der Waals surface area contributed by atoms with Gasteiger partial charge in [0, 0.05) is 46.3 Å². The fraction of sp³-hybridized carbons (Fsp3) is 0.310. The number of ether oxygens (including phenoxy) is 1. The number of hydrogen-bond acceptors (Lipinski definition) is 3. The summed E-state index contributed by atoms with van der Waals surface area (Å²) in [6, 6.07) is 21.4. The first-order chi connectivity index (χ1) is 16.6. The predicted octanol–water partition coefficient (Wildman–Crippen LogP) is 6.08. The first-order valence-electron chi connectivity index (χ1n) is 12.2. The molecule has 5 heteroatoms. The van der Waals surface area contributed by atoms with Crippen molar-refractivity contribution in [3.63, 3.8) is 0 Å². The second kappa shape index (κ2) is 8.01. The molecule has 0 unspecified atom stereocenters. The van der Waals surface area contributed by atoms with E-state index in [1.54, 1.807) is 12.1 Å². The molecule has 1 aliphatic carbocycles. The molecule has 0 bridgehead atoms. The molecule has 1 amide bonds. The minimum atomic E-state index is -0.0880. The van der Waals surface area contributed by atoms with Gasteiger partial charge in [-0.05, 0) is 61.2 Å². The molecule has 0 saturated carbocycles. The Bertz CT molecular complexity index is 1470. The van der Waals surface area contributed by atoms with Crippen molar-refractivity contribution >= 4 is 33.4 Å². The van der Waals surface area contributed by atoms with E-state index in [2.05, 4.69) is 66.1 Å². The number of aromatic nitrogens is 1. The lowest BCUT2D eigenvalue weighted by atomic mass is 9.77. The first kappa shape index (κ1) is 21.0. The minimum absolute atomic E-state index is 0.0624. The molecule has 6 rings (SSSR count). The SMILES string of the molecule is CCC(=O)N1N=C2c3cc(OC)ccc3CC[C@H]2[C@H]1c1ccc2c(c1)c1ccccc1n2CC. The van der Waals surface area contributed by atoms with E-state index in [1.807, 2.05) is 13.0 Å². The van der Waals surface area contributed by atoms with Gasteiger partial charge in [0.1, 0.15) is 5.75 Å². The lowest BCUT2D eigenvalue weighted by Gasteiger charge is -2.30. The number of hydrogen-bond donors (Lipinski definition) is 0. The molecular weight excluding hydrogens is 422 g/mol. The van der Waals surface area contributed by atoms with Crippen LogP contribution >= 0.6 is 0 Å². The van der Waals surface area contributed by atoms with Crippen LogP contribution in [0.4, 0.5) is 0 Å². The molecule has 2 heterocycles. The molecule has 0 fully saturated rings. The van der Waals surface area contributed by atoms with Gasteiger partial charge in [-0.2, -0.15) is 5.10 Å². The number of methoxy groups -OCH3 is 1. The Morgan fingerprint density at radius 1 is 1.03 bits per heavy atom. The molecule has 2 atom stereocenters. The van der Waals surface area contributed by atoms with Gasteiger partial charge >= 0.3 is 0 Å². The predicted molar refractivity (Wildman–Crippen MR) is 136 cm³/mol. The molecule has 172 valence electrons. The van der Waals surface area contributed by atoms with Crippen LogP contribution in [0.3, 0.4) is 0 Å². The number of carbonyl (C=O) groups is 1. The average molecular weight is 452 g/mol. The molecular formula is C29H29N3O2. The zero-order valence-electron chi connectivity index (χ0n) is 19.9. The van der Waals surface area contributed by atoms with Gasteiger partial charge < -0.3 is 9.30 Å². The van der Waals surface area contributed by atoms with Crippen molar-refractivity contribution in [3.05, 3.63) is 77.4 Å². The summed E-state index contributed by atoms with van der Waals surface area (Å²) >= 11 is 0.